The highest BCUT2D eigenvalue weighted by molar-refractivity contribution is 7.15. The van der Waals surface area contributed by atoms with Crippen molar-refractivity contribution in [1.29, 1.82) is 0 Å². The Labute approximate surface area is 139 Å². The average molecular weight is 349 g/mol. The number of benzene rings is 1. The molecule has 23 heavy (non-hydrogen) atoms. The standard InChI is InChI=1S/C17H10F3NS2/c1-11-2-7-14(22-11)8-9-16-21-10-15(23-16)12-3-5-13(6-4-12)17(18,19)20/h2-7,10H,1H3. The number of alkyl halides is 3. The Balaban J connectivity index is 1.81. The third kappa shape index (κ3) is 3.81. The zero-order chi connectivity index (χ0) is 16.4. The van der Waals surface area contributed by atoms with Crippen molar-refractivity contribution in [2.75, 3.05) is 0 Å². The van der Waals surface area contributed by atoms with Crippen LogP contribution in [0.25, 0.3) is 10.4 Å². The van der Waals surface area contributed by atoms with Crippen LogP contribution in [-0.4, -0.2) is 4.98 Å². The fourth-order valence-electron chi connectivity index (χ4n) is 1.91. The van der Waals surface area contributed by atoms with E-state index in [4.69, 9.17) is 0 Å². The molecule has 0 saturated heterocycles. The summed E-state index contributed by atoms with van der Waals surface area (Å²) >= 11 is 2.97. The molecule has 6 heteroatoms. The van der Waals surface area contributed by atoms with Crippen molar-refractivity contribution in [3.05, 3.63) is 62.9 Å². The Morgan fingerprint density at radius 3 is 2.30 bits per heavy atom. The van der Waals surface area contributed by atoms with Gasteiger partial charge in [-0.05, 0) is 48.6 Å². The third-order valence-corrected chi connectivity index (χ3v) is 4.91. The van der Waals surface area contributed by atoms with Gasteiger partial charge in [-0.2, -0.15) is 13.2 Å². The molecule has 0 fully saturated rings. The summed E-state index contributed by atoms with van der Waals surface area (Å²) in [5, 5.41) is 0.644. The second-order valence-corrected chi connectivity index (χ2v) is 7.08. The van der Waals surface area contributed by atoms with E-state index < -0.39 is 11.7 Å². The molecule has 1 aromatic carbocycles. The summed E-state index contributed by atoms with van der Waals surface area (Å²) in [7, 11) is 0. The molecule has 0 N–H and O–H groups in total. The van der Waals surface area contributed by atoms with Crippen molar-refractivity contribution in [1.82, 2.24) is 4.98 Å². The van der Waals surface area contributed by atoms with Gasteiger partial charge in [0.15, 0.2) is 5.01 Å². The number of nitrogens with zero attached hydrogens (tertiary/aromatic N) is 1. The summed E-state index contributed by atoms with van der Waals surface area (Å²) in [4.78, 5) is 7.17. The lowest BCUT2D eigenvalue weighted by atomic mass is 10.1. The van der Waals surface area contributed by atoms with Gasteiger partial charge in [-0.25, -0.2) is 4.98 Å². The predicted octanol–water partition coefficient (Wildman–Crippen LogP) is 5.60. The highest BCUT2D eigenvalue weighted by Crippen LogP contribution is 2.32. The number of thiazole rings is 1. The minimum Gasteiger partial charge on any atom is -0.236 e. The van der Waals surface area contributed by atoms with E-state index in [0.29, 0.717) is 10.6 Å². The van der Waals surface area contributed by atoms with Crippen LogP contribution in [0.15, 0.2) is 42.6 Å². The number of hydrogen-bond acceptors (Lipinski definition) is 3. The topological polar surface area (TPSA) is 12.9 Å². The van der Waals surface area contributed by atoms with E-state index in [0.717, 1.165) is 21.9 Å². The van der Waals surface area contributed by atoms with E-state index in [1.54, 1.807) is 17.5 Å². The number of halogens is 3. The molecule has 0 aliphatic carbocycles. The largest absolute Gasteiger partial charge is 0.416 e. The Kier molecular flexibility index (Phi) is 4.24. The van der Waals surface area contributed by atoms with Gasteiger partial charge in [0.05, 0.1) is 15.3 Å². The molecule has 116 valence electrons. The van der Waals surface area contributed by atoms with Crippen LogP contribution < -0.4 is 0 Å². The lowest BCUT2D eigenvalue weighted by Gasteiger charge is -2.06. The van der Waals surface area contributed by atoms with Crippen LogP contribution in [0.1, 0.15) is 20.3 Å². The monoisotopic (exact) mass is 349 g/mol. The van der Waals surface area contributed by atoms with Crippen LogP contribution in [0.4, 0.5) is 13.2 Å². The third-order valence-electron chi connectivity index (χ3n) is 3.04. The summed E-state index contributed by atoms with van der Waals surface area (Å²) in [6.07, 6.45) is -2.68. The Hall–Kier alpha value is -2.10. The molecule has 0 saturated carbocycles. The number of rotatable bonds is 1. The number of aromatic nitrogens is 1. The van der Waals surface area contributed by atoms with Crippen molar-refractivity contribution in [3.63, 3.8) is 0 Å². The van der Waals surface area contributed by atoms with Crippen molar-refractivity contribution in [3.8, 4) is 22.3 Å². The smallest absolute Gasteiger partial charge is 0.236 e. The van der Waals surface area contributed by atoms with Crippen molar-refractivity contribution < 1.29 is 13.2 Å². The predicted molar refractivity (Wildman–Crippen MR) is 87.6 cm³/mol. The van der Waals surface area contributed by atoms with Crippen LogP contribution in [0, 0.1) is 18.8 Å². The Morgan fingerprint density at radius 2 is 1.70 bits per heavy atom. The Morgan fingerprint density at radius 1 is 0.957 bits per heavy atom. The molecule has 0 atom stereocenters. The van der Waals surface area contributed by atoms with Gasteiger partial charge in [0.25, 0.3) is 0 Å². The highest BCUT2D eigenvalue weighted by atomic mass is 32.1. The molecular formula is C17H10F3NS2. The maximum Gasteiger partial charge on any atom is 0.416 e. The van der Waals surface area contributed by atoms with Crippen molar-refractivity contribution in [2.45, 2.75) is 13.1 Å². The molecule has 0 spiro atoms. The Bertz CT molecular complexity index is 877. The van der Waals surface area contributed by atoms with E-state index in [2.05, 4.69) is 16.8 Å². The molecule has 0 bridgehead atoms. The molecule has 0 amide bonds. The van der Waals surface area contributed by atoms with Crippen LogP contribution in [0.5, 0.6) is 0 Å². The quantitative estimate of drug-likeness (QED) is 0.521. The van der Waals surface area contributed by atoms with E-state index in [-0.39, 0.29) is 0 Å². The van der Waals surface area contributed by atoms with E-state index in [9.17, 15) is 13.2 Å². The molecule has 0 radical (unpaired) electrons. The minimum atomic E-state index is -4.32. The molecule has 3 aromatic rings. The molecule has 2 aromatic heterocycles. The summed E-state index contributed by atoms with van der Waals surface area (Å²) < 4.78 is 37.7. The SMILES string of the molecule is Cc1ccc(C#Cc2ncc(-c3ccc(C(F)(F)F)cc3)s2)s1. The summed E-state index contributed by atoms with van der Waals surface area (Å²) in [6, 6.07) is 9.03. The number of aryl methyl sites for hydroxylation is 1. The summed E-state index contributed by atoms with van der Waals surface area (Å²) in [5.74, 6) is 6.03. The number of thiophene rings is 1. The van der Waals surface area contributed by atoms with Gasteiger partial charge in [-0.15, -0.1) is 22.7 Å². The maximum atomic E-state index is 12.6. The van der Waals surface area contributed by atoms with Crippen LogP contribution in [-0.2, 0) is 6.18 Å². The van der Waals surface area contributed by atoms with Gasteiger partial charge in [0.1, 0.15) is 0 Å². The summed E-state index contributed by atoms with van der Waals surface area (Å²) in [6.45, 7) is 2.02. The maximum absolute atomic E-state index is 12.6. The highest BCUT2D eigenvalue weighted by Gasteiger charge is 2.30. The molecule has 2 heterocycles. The fourth-order valence-corrected chi connectivity index (χ4v) is 3.40. The molecule has 3 rings (SSSR count). The van der Waals surface area contributed by atoms with E-state index in [1.807, 2.05) is 19.1 Å². The van der Waals surface area contributed by atoms with E-state index >= 15 is 0 Å². The van der Waals surface area contributed by atoms with Gasteiger partial charge in [0.2, 0.25) is 0 Å². The van der Waals surface area contributed by atoms with Crippen LogP contribution in [0.3, 0.4) is 0 Å². The van der Waals surface area contributed by atoms with E-state index in [1.165, 1.54) is 28.3 Å². The minimum absolute atomic E-state index is 0.644. The van der Waals surface area contributed by atoms with Gasteiger partial charge >= 0.3 is 6.18 Å². The molecule has 1 nitrogen and oxygen atoms in total. The lowest BCUT2D eigenvalue weighted by molar-refractivity contribution is -0.137. The zero-order valence-electron chi connectivity index (χ0n) is 11.9. The first-order valence-corrected chi connectivity index (χ1v) is 8.27. The first-order valence-electron chi connectivity index (χ1n) is 6.64. The van der Waals surface area contributed by atoms with Crippen LogP contribution in [0.2, 0.25) is 0 Å². The molecule has 0 unspecified atom stereocenters. The van der Waals surface area contributed by atoms with Gasteiger partial charge in [0, 0.05) is 11.1 Å². The van der Waals surface area contributed by atoms with Crippen molar-refractivity contribution >= 4 is 22.7 Å². The second-order valence-electron chi connectivity index (χ2n) is 4.77. The van der Waals surface area contributed by atoms with Gasteiger partial charge in [-0.3, -0.25) is 0 Å². The first kappa shape index (κ1) is 15.8. The molecule has 0 aliphatic rings. The average Bonchev–Trinajstić information content (AvgIpc) is 3.13. The molecular weight excluding hydrogens is 339 g/mol. The summed E-state index contributed by atoms with van der Waals surface area (Å²) in [5.41, 5.74) is 0.0503. The van der Waals surface area contributed by atoms with Crippen LogP contribution >= 0.6 is 22.7 Å². The fraction of sp³-hybridized carbons (Fsp3) is 0.118. The lowest BCUT2D eigenvalue weighted by Crippen LogP contribution is -2.03. The van der Waals surface area contributed by atoms with Crippen molar-refractivity contribution in [2.24, 2.45) is 0 Å². The normalized spacial score (nSPS) is 11.1. The second kappa shape index (κ2) is 6.19. The first-order chi connectivity index (χ1) is 10.9. The van der Waals surface area contributed by atoms with Gasteiger partial charge in [-0.1, -0.05) is 12.1 Å². The van der Waals surface area contributed by atoms with Gasteiger partial charge < -0.3 is 0 Å². The number of hydrogen-bond donors (Lipinski definition) is 0. The molecule has 0 aliphatic heterocycles. The zero-order valence-corrected chi connectivity index (χ0v) is 13.6.